The van der Waals surface area contributed by atoms with Gasteiger partial charge in [-0.05, 0) is 37.5 Å². The summed E-state index contributed by atoms with van der Waals surface area (Å²) in [5, 5.41) is 0.458. The molecule has 1 heterocycles. The van der Waals surface area contributed by atoms with Crippen LogP contribution in [0.5, 0.6) is 0 Å². The summed E-state index contributed by atoms with van der Waals surface area (Å²) in [6.07, 6.45) is 3.73. The summed E-state index contributed by atoms with van der Waals surface area (Å²) in [7, 11) is 1.36. The number of hydrogen-bond donors (Lipinski definition) is 0. The Hall–Kier alpha value is -1.22. The first kappa shape index (κ1) is 12.2. The van der Waals surface area contributed by atoms with Crippen molar-refractivity contribution in [1.29, 1.82) is 0 Å². The molecule has 0 spiro atoms. The number of carbonyl (C=O) groups excluding carboxylic acids is 1. The van der Waals surface area contributed by atoms with Gasteiger partial charge in [-0.15, -0.1) is 0 Å². The van der Waals surface area contributed by atoms with Crippen LogP contribution in [0.25, 0.3) is 0 Å². The van der Waals surface area contributed by atoms with Crippen LogP contribution in [-0.4, -0.2) is 26.2 Å². The molecule has 0 aromatic heterocycles. The number of carbonyl (C=O) groups is 1. The smallest absolute Gasteiger partial charge is 0.339 e. The Labute approximate surface area is 106 Å². The number of nitrogens with zero attached hydrogens (tertiary/aromatic N) is 1. The van der Waals surface area contributed by atoms with E-state index in [1.54, 1.807) is 6.07 Å². The molecular weight excluding hydrogens is 238 g/mol. The first-order valence-corrected chi connectivity index (χ1v) is 6.23. The first-order valence-electron chi connectivity index (χ1n) is 5.85. The Kier molecular flexibility index (Phi) is 3.89. The minimum atomic E-state index is -0.389. The van der Waals surface area contributed by atoms with E-state index >= 15 is 0 Å². The van der Waals surface area contributed by atoms with Crippen molar-refractivity contribution in [3.8, 4) is 0 Å². The van der Waals surface area contributed by atoms with E-state index in [1.807, 2.05) is 12.1 Å². The third-order valence-corrected chi connectivity index (χ3v) is 3.39. The predicted octanol–water partition coefficient (Wildman–Crippen LogP) is 3.12. The largest absolute Gasteiger partial charge is 0.465 e. The van der Waals surface area contributed by atoms with Gasteiger partial charge < -0.3 is 9.64 Å². The number of anilines is 1. The van der Waals surface area contributed by atoms with E-state index in [0.717, 1.165) is 18.8 Å². The molecule has 1 aromatic carbocycles. The van der Waals surface area contributed by atoms with E-state index in [2.05, 4.69) is 9.64 Å². The van der Waals surface area contributed by atoms with E-state index in [-0.39, 0.29) is 5.97 Å². The van der Waals surface area contributed by atoms with Gasteiger partial charge in [0.2, 0.25) is 0 Å². The van der Waals surface area contributed by atoms with Crippen molar-refractivity contribution in [3.63, 3.8) is 0 Å². The first-order chi connectivity index (χ1) is 8.22. The monoisotopic (exact) mass is 253 g/mol. The molecule has 0 aliphatic carbocycles. The van der Waals surface area contributed by atoms with Crippen LogP contribution in [0.1, 0.15) is 29.6 Å². The van der Waals surface area contributed by atoms with Crippen LogP contribution in [0.3, 0.4) is 0 Å². The molecular formula is C13H16ClNO2. The summed E-state index contributed by atoms with van der Waals surface area (Å²) in [4.78, 5) is 13.7. The molecule has 0 N–H and O–H groups in total. The summed E-state index contributed by atoms with van der Waals surface area (Å²) in [6, 6.07) is 5.51. The zero-order valence-corrected chi connectivity index (χ0v) is 10.7. The van der Waals surface area contributed by atoms with Gasteiger partial charge >= 0.3 is 5.97 Å². The highest BCUT2D eigenvalue weighted by atomic mass is 35.5. The molecule has 0 atom stereocenters. The second-order valence-electron chi connectivity index (χ2n) is 4.20. The Morgan fingerprint density at radius 3 is 2.59 bits per heavy atom. The van der Waals surface area contributed by atoms with E-state index < -0.39 is 0 Å². The van der Waals surface area contributed by atoms with Crippen LogP contribution in [-0.2, 0) is 4.74 Å². The third-order valence-electron chi connectivity index (χ3n) is 3.08. The molecule has 1 aromatic rings. The fraction of sp³-hybridized carbons (Fsp3) is 0.462. The summed E-state index contributed by atoms with van der Waals surface area (Å²) in [6.45, 7) is 2.13. The number of halogens is 1. The average molecular weight is 254 g/mol. The highest BCUT2D eigenvalue weighted by molar-refractivity contribution is 6.33. The minimum absolute atomic E-state index is 0.389. The predicted molar refractivity (Wildman–Crippen MR) is 68.9 cm³/mol. The van der Waals surface area contributed by atoms with Crippen molar-refractivity contribution >= 4 is 23.3 Å². The lowest BCUT2D eigenvalue weighted by Crippen LogP contribution is -2.29. The SMILES string of the molecule is COC(=O)c1ccc(N2CCCCC2)cc1Cl. The molecule has 3 nitrogen and oxygen atoms in total. The van der Waals surface area contributed by atoms with Gasteiger partial charge in [0.25, 0.3) is 0 Å². The normalized spacial score (nSPS) is 15.8. The summed E-state index contributed by atoms with van der Waals surface area (Å²) >= 11 is 6.09. The number of benzene rings is 1. The van der Waals surface area contributed by atoms with Crippen molar-refractivity contribution in [2.75, 3.05) is 25.1 Å². The van der Waals surface area contributed by atoms with Crippen molar-refractivity contribution in [1.82, 2.24) is 0 Å². The zero-order valence-electron chi connectivity index (χ0n) is 9.91. The van der Waals surface area contributed by atoms with Crippen molar-refractivity contribution < 1.29 is 9.53 Å². The quantitative estimate of drug-likeness (QED) is 0.759. The van der Waals surface area contributed by atoms with Gasteiger partial charge in [0.05, 0.1) is 17.7 Å². The number of ether oxygens (including phenoxy) is 1. The van der Waals surface area contributed by atoms with Gasteiger partial charge in [0, 0.05) is 18.8 Å². The summed E-state index contributed by atoms with van der Waals surface area (Å²) in [5.74, 6) is -0.389. The van der Waals surface area contributed by atoms with Crippen LogP contribution in [0.2, 0.25) is 5.02 Å². The summed E-state index contributed by atoms with van der Waals surface area (Å²) < 4.78 is 4.67. The lowest BCUT2D eigenvalue weighted by molar-refractivity contribution is 0.0601. The average Bonchev–Trinajstić information content (AvgIpc) is 2.39. The maximum absolute atomic E-state index is 11.4. The second kappa shape index (κ2) is 5.41. The lowest BCUT2D eigenvalue weighted by atomic mass is 10.1. The molecule has 0 unspecified atom stereocenters. The van der Waals surface area contributed by atoms with Crippen LogP contribution < -0.4 is 4.90 Å². The Morgan fingerprint density at radius 2 is 2.00 bits per heavy atom. The van der Waals surface area contributed by atoms with Gasteiger partial charge in [-0.1, -0.05) is 11.6 Å². The van der Waals surface area contributed by atoms with Gasteiger partial charge in [-0.25, -0.2) is 4.79 Å². The molecule has 2 rings (SSSR count). The molecule has 0 saturated carbocycles. The zero-order chi connectivity index (χ0) is 12.3. The molecule has 1 aliphatic rings. The van der Waals surface area contributed by atoms with Crippen molar-refractivity contribution in [2.45, 2.75) is 19.3 Å². The number of hydrogen-bond acceptors (Lipinski definition) is 3. The molecule has 0 bridgehead atoms. The molecule has 17 heavy (non-hydrogen) atoms. The Balaban J connectivity index is 2.20. The topological polar surface area (TPSA) is 29.5 Å². The molecule has 1 aliphatic heterocycles. The fourth-order valence-electron chi connectivity index (χ4n) is 2.13. The Bertz CT molecular complexity index is 414. The van der Waals surface area contributed by atoms with Gasteiger partial charge in [-0.2, -0.15) is 0 Å². The molecule has 1 fully saturated rings. The van der Waals surface area contributed by atoms with Crippen LogP contribution in [0, 0.1) is 0 Å². The van der Waals surface area contributed by atoms with Gasteiger partial charge in [-0.3, -0.25) is 0 Å². The van der Waals surface area contributed by atoms with Gasteiger partial charge in [0.15, 0.2) is 0 Å². The summed E-state index contributed by atoms with van der Waals surface area (Å²) in [5.41, 5.74) is 1.51. The number of rotatable bonds is 2. The van der Waals surface area contributed by atoms with Crippen LogP contribution in [0.4, 0.5) is 5.69 Å². The minimum Gasteiger partial charge on any atom is -0.465 e. The van der Waals surface area contributed by atoms with Gasteiger partial charge in [0.1, 0.15) is 0 Å². The molecule has 0 radical (unpaired) electrons. The lowest BCUT2D eigenvalue weighted by Gasteiger charge is -2.29. The molecule has 4 heteroatoms. The van der Waals surface area contributed by atoms with Crippen LogP contribution >= 0.6 is 11.6 Å². The fourth-order valence-corrected chi connectivity index (χ4v) is 2.38. The molecule has 92 valence electrons. The number of piperidine rings is 1. The van der Waals surface area contributed by atoms with Crippen molar-refractivity contribution in [3.05, 3.63) is 28.8 Å². The maximum atomic E-state index is 11.4. The maximum Gasteiger partial charge on any atom is 0.339 e. The van der Waals surface area contributed by atoms with Crippen LogP contribution in [0.15, 0.2) is 18.2 Å². The highest BCUT2D eigenvalue weighted by Crippen LogP contribution is 2.26. The van der Waals surface area contributed by atoms with E-state index in [4.69, 9.17) is 11.6 Å². The molecule has 0 amide bonds. The highest BCUT2D eigenvalue weighted by Gasteiger charge is 2.15. The molecule has 1 saturated heterocycles. The number of methoxy groups -OCH3 is 1. The van der Waals surface area contributed by atoms with E-state index in [1.165, 1.54) is 26.4 Å². The second-order valence-corrected chi connectivity index (χ2v) is 4.61. The van der Waals surface area contributed by atoms with E-state index in [9.17, 15) is 4.79 Å². The third kappa shape index (κ3) is 2.72. The van der Waals surface area contributed by atoms with E-state index in [0.29, 0.717) is 10.6 Å². The van der Waals surface area contributed by atoms with Crippen molar-refractivity contribution in [2.24, 2.45) is 0 Å². The standard InChI is InChI=1S/C13H16ClNO2/c1-17-13(16)11-6-5-10(9-12(11)14)15-7-3-2-4-8-15/h5-6,9H,2-4,7-8H2,1H3. The number of esters is 1. The Morgan fingerprint density at radius 1 is 1.29 bits per heavy atom.